The van der Waals surface area contributed by atoms with E-state index in [0.29, 0.717) is 16.8 Å². The molecule has 0 saturated heterocycles. The van der Waals surface area contributed by atoms with Crippen molar-refractivity contribution in [3.8, 4) is 11.5 Å². The maximum absolute atomic E-state index is 9.84. The van der Waals surface area contributed by atoms with Crippen LogP contribution in [0.15, 0.2) is 16.6 Å². The minimum absolute atomic E-state index is 0.123. The van der Waals surface area contributed by atoms with E-state index in [1.807, 2.05) is 12.1 Å². The number of nitrogens with two attached hydrogens (primary N) is 1. The Morgan fingerprint density at radius 1 is 1.47 bits per heavy atom. The highest BCUT2D eigenvalue weighted by molar-refractivity contribution is 9.10. The van der Waals surface area contributed by atoms with Gasteiger partial charge in [-0.3, -0.25) is 4.90 Å². The highest BCUT2D eigenvalue weighted by atomic mass is 79.9. The average molecular weight is 331 g/mol. The van der Waals surface area contributed by atoms with Gasteiger partial charge in [-0.25, -0.2) is 0 Å². The van der Waals surface area contributed by atoms with Gasteiger partial charge >= 0.3 is 0 Å². The minimum atomic E-state index is 0.123. The minimum Gasteiger partial charge on any atom is -0.503 e. The molecule has 0 aliphatic rings. The van der Waals surface area contributed by atoms with Crippen molar-refractivity contribution in [1.82, 2.24) is 4.90 Å². The Bertz CT molecular complexity index is 413. The zero-order valence-corrected chi connectivity index (χ0v) is 13.4. The molecule has 0 aliphatic heterocycles. The zero-order chi connectivity index (χ0) is 14.4. The van der Waals surface area contributed by atoms with Gasteiger partial charge in [0.2, 0.25) is 0 Å². The Morgan fingerprint density at radius 2 is 2.16 bits per heavy atom. The third kappa shape index (κ3) is 4.09. The summed E-state index contributed by atoms with van der Waals surface area (Å²) in [4.78, 5) is 2.24. The summed E-state index contributed by atoms with van der Waals surface area (Å²) in [5, 5.41) is 9.84. The SMILES string of the molecule is CCCCN(C)C(CN)c1cc(Br)c(O)c(OC)c1. The summed E-state index contributed by atoms with van der Waals surface area (Å²) in [6.45, 7) is 3.70. The first-order valence-electron chi connectivity index (χ1n) is 6.51. The lowest BCUT2D eigenvalue weighted by atomic mass is 10.0. The topological polar surface area (TPSA) is 58.7 Å². The van der Waals surface area contributed by atoms with Crippen LogP contribution in [-0.2, 0) is 0 Å². The van der Waals surface area contributed by atoms with E-state index in [0.717, 1.165) is 24.9 Å². The fourth-order valence-electron chi connectivity index (χ4n) is 2.08. The summed E-state index contributed by atoms with van der Waals surface area (Å²) in [5.41, 5.74) is 6.94. The highest BCUT2D eigenvalue weighted by Crippen LogP contribution is 2.37. The van der Waals surface area contributed by atoms with Gasteiger partial charge in [-0.05, 0) is 53.6 Å². The molecule has 1 aromatic carbocycles. The standard InChI is InChI=1S/C14H23BrN2O2/c1-4-5-6-17(2)12(9-16)10-7-11(15)14(18)13(8-10)19-3/h7-8,12,18H,4-6,9,16H2,1-3H3. The summed E-state index contributed by atoms with van der Waals surface area (Å²) in [6, 6.07) is 3.87. The molecule has 4 nitrogen and oxygen atoms in total. The smallest absolute Gasteiger partial charge is 0.172 e. The normalized spacial score (nSPS) is 12.7. The summed E-state index contributed by atoms with van der Waals surface area (Å²) in [6.07, 6.45) is 2.30. The zero-order valence-electron chi connectivity index (χ0n) is 11.8. The fraction of sp³-hybridized carbons (Fsp3) is 0.571. The molecule has 0 aromatic heterocycles. The lowest BCUT2D eigenvalue weighted by Gasteiger charge is -2.28. The van der Waals surface area contributed by atoms with E-state index in [1.54, 1.807) is 7.11 Å². The molecule has 0 bridgehead atoms. The molecule has 0 radical (unpaired) electrons. The predicted octanol–water partition coefficient (Wildman–Crippen LogP) is 2.90. The molecule has 1 unspecified atom stereocenters. The maximum atomic E-state index is 9.84. The summed E-state index contributed by atoms with van der Waals surface area (Å²) >= 11 is 3.35. The second kappa shape index (κ2) is 7.72. The van der Waals surface area contributed by atoms with Crippen LogP contribution in [0.1, 0.15) is 31.4 Å². The van der Waals surface area contributed by atoms with Crippen molar-refractivity contribution in [3.05, 3.63) is 22.2 Å². The number of benzene rings is 1. The van der Waals surface area contributed by atoms with Crippen LogP contribution < -0.4 is 10.5 Å². The van der Waals surface area contributed by atoms with E-state index in [9.17, 15) is 5.11 Å². The number of methoxy groups -OCH3 is 1. The van der Waals surface area contributed by atoms with Crippen molar-refractivity contribution >= 4 is 15.9 Å². The second-order valence-corrected chi connectivity index (χ2v) is 5.49. The van der Waals surface area contributed by atoms with Crippen LogP contribution in [0.4, 0.5) is 0 Å². The molecule has 1 atom stereocenters. The predicted molar refractivity (Wildman–Crippen MR) is 81.7 cm³/mol. The molecule has 0 spiro atoms. The van der Waals surface area contributed by atoms with Crippen molar-refractivity contribution in [1.29, 1.82) is 0 Å². The molecule has 1 aromatic rings. The Morgan fingerprint density at radius 3 is 2.68 bits per heavy atom. The lowest BCUT2D eigenvalue weighted by molar-refractivity contribution is 0.245. The molecule has 19 heavy (non-hydrogen) atoms. The number of halogens is 1. The second-order valence-electron chi connectivity index (χ2n) is 4.64. The van der Waals surface area contributed by atoms with E-state index < -0.39 is 0 Å². The van der Waals surface area contributed by atoms with Gasteiger partial charge < -0.3 is 15.6 Å². The van der Waals surface area contributed by atoms with E-state index in [4.69, 9.17) is 10.5 Å². The van der Waals surface area contributed by atoms with Gasteiger partial charge in [0.05, 0.1) is 11.6 Å². The number of unbranched alkanes of at least 4 members (excludes halogenated alkanes) is 1. The molecule has 0 heterocycles. The lowest BCUT2D eigenvalue weighted by Crippen LogP contribution is -2.31. The van der Waals surface area contributed by atoms with Crippen LogP contribution in [0, 0.1) is 0 Å². The Kier molecular flexibility index (Phi) is 6.62. The Hall–Kier alpha value is -0.780. The van der Waals surface area contributed by atoms with Gasteiger partial charge in [0.25, 0.3) is 0 Å². The van der Waals surface area contributed by atoms with Crippen molar-refractivity contribution in [2.75, 3.05) is 27.2 Å². The number of hydrogen-bond acceptors (Lipinski definition) is 4. The van der Waals surface area contributed by atoms with Crippen molar-refractivity contribution in [3.63, 3.8) is 0 Å². The monoisotopic (exact) mass is 330 g/mol. The maximum Gasteiger partial charge on any atom is 0.172 e. The summed E-state index contributed by atoms with van der Waals surface area (Å²) in [5.74, 6) is 0.588. The Balaban J connectivity index is 3.01. The van der Waals surface area contributed by atoms with E-state index in [2.05, 4.69) is 34.8 Å². The first-order valence-corrected chi connectivity index (χ1v) is 7.31. The van der Waals surface area contributed by atoms with Crippen LogP contribution >= 0.6 is 15.9 Å². The average Bonchev–Trinajstić information content (AvgIpc) is 2.40. The van der Waals surface area contributed by atoms with E-state index in [-0.39, 0.29) is 11.8 Å². The number of likely N-dealkylation sites (N-methyl/N-ethyl adjacent to an activating group) is 1. The number of hydrogen-bond donors (Lipinski definition) is 2. The van der Waals surface area contributed by atoms with Crippen LogP contribution in [0.5, 0.6) is 11.5 Å². The van der Waals surface area contributed by atoms with Crippen LogP contribution in [0.2, 0.25) is 0 Å². The first kappa shape index (κ1) is 16.3. The number of phenolic OH excluding ortho intramolecular Hbond substituents is 1. The third-order valence-corrected chi connectivity index (χ3v) is 3.88. The quantitative estimate of drug-likeness (QED) is 0.807. The molecule has 1 rings (SSSR count). The number of ether oxygens (including phenoxy) is 1. The van der Waals surface area contributed by atoms with Crippen molar-refractivity contribution in [2.45, 2.75) is 25.8 Å². The summed E-state index contributed by atoms with van der Waals surface area (Å²) in [7, 11) is 3.62. The number of nitrogens with zero attached hydrogens (tertiary/aromatic N) is 1. The van der Waals surface area contributed by atoms with Crippen molar-refractivity contribution in [2.24, 2.45) is 5.73 Å². The van der Waals surface area contributed by atoms with Gasteiger partial charge in [-0.15, -0.1) is 0 Å². The molecule has 5 heteroatoms. The van der Waals surface area contributed by atoms with Crippen LogP contribution in [0.25, 0.3) is 0 Å². The van der Waals surface area contributed by atoms with E-state index >= 15 is 0 Å². The molecular weight excluding hydrogens is 308 g/mol. The largest absolute Gasteiger partial charge is 0.503 e. The molecular formula is C14H23BrN2O2. The number of rotatable bonds is 7. The molecule has 108 valence electrons. The van der Waals surface area contributed by atoms with E-state index in [1.165, 1.54) is 0 Å². The number of phenols is 1. The summed E-state index contributed by atoms with van der Waals surface area (Å²) < 4.78 is 5.81. The molecule has 0 fully saturated rings. The van der Waals surface area contributed by atoms with Gasteiger partial charge in [0.1, 0.15) is 0 Å². The Labute approximate surface area is 123 Å². The molecule has 0 amide bonds. The third-order valence-electron chi connectivity index (χ3n) is 3.28. The van der Waals surface area contributed by atoms with Gasteiger partial charge in [-0.1, -0.05) is 13.3 Å². The van der Waals surface area contributed by atoms with Gasteiger partial charge in [0, 0.05) is 12.6 Å². The number of aromatic hydroxyl groups is 1. The molecule has 3 N–H and O–H groups in total. The van der Waals surface area contributed by atoms with Crippen molar-refractivity contribution < 1.29 is 9.84 Å². The molecule has 0 aliphatic carbocycles. The fourth-order valence-corrected chi connectivity index (χ4v) is 2.54. The van der Waals surface area contributed by atoms with Crippen LogP contribution in [-0.4, -0.2) is 37.3 Å². The van der Waals surface area contributed by atoms with Gasteiger partial charge in [-0.2, -0.15) is 0 Å². The first-order chi connectivity index (χ1) is 9.04. The highest BCUT2D eigenvalue weighted by Gasteiger charge is 2.18. The van der Waals surface area contributed by atoms with Crippen LogP contribution in [0.3, 0.4) is 0 Å². The van der Waals surface area contributed by atoms with Gasteiger partial charge in [0.15, 0.2) is 11.5 Å². The molecule has 0 saturated carbocycles.